The molecule has 0 atom stereocenters. The van der Waals surface area contributed by atoms with Gasteiger partial charge in [0.2, 0.25) is 0 Å². The average molecular weight is 216 g/mol. The third-order valence-corrected chi connectivity index (χ3v) is 2.73. The van der Waals surface area contributed by atoms with Crippen LogP contribution in [-0.4, -0.2) is 48.6 Å². The second kappa shape index (κ2) is 12.0. The van der Waals surface area contributed by atoms with Gasteiger partial charge in [0.15, 0.2) is 0 Å². The first-order valence-electron chi connectivity index (χ1n) is 6.62. The highest BCUT2D eigenvalue weighted by Crippen LogP contribution is 1.97. The Morgan fingerprint density at radius 1 is 0.800 bits per heavy atom. The van der Waals surface area contributed by atoms with Crippen molar-refractivity contribution in [3.8, 4) is 0 Å². The van der Waals surface area contributed by atoms with E-state index in [1.54, 1.807) is 0 Å². The SMILES string of the molecule is CC.CCN(CC)CCN(CC)C(C)C. The molecule has 0 rings (SSSR count). The van der Waals surface area contributed by atoms with Crippen LogP contribution < -0.4 is 0 Å². The molecule has 0 bridgehead atoms. The summed E-state index contributed by atoms with van der Waals surface area (Å²) in [6, 6.07) is 0.681. The Kier molecular flexibility index (Phi) is 13.8. The molecule has 0 aromatic rings. The monoisotopic (exact) mass is 216 g/mol. The first kappa shape index (κ1) is 17.3. The van der Waals surface area contributed by atoms with Crippen LogP contribution in [0.5, 0.6) is 0 Å². The molecule has 0 amide bonds. The summed E-state index contributed by atoms with van der Waals surface area (Å²) in [6.45, 7) is 21.2. The maximum Gasteiger partial charge on any atom is 0.0112 e. The molecular weight excluding hydrogens is 184 g/mol. The smallest absolute Gasteiger partial charge is 0.0112 e. The Bertz CT molecular complexity index is 109. The average Bonchev–Trinajstić information content (AvgIpc) is 2.27. The third kappa shape index (κ3) is 8.88. The minimum Gasteiger partial charge on any atom is -0.303 e. The van der Waals surface area contributed by atoms with Crippen LogP contribution in [0.3, 0.4) is 0 Å². The number of hydrogen-bond donors (Lipinski definition) is 0. The van der Waals surface area contributed by atoms with E-state index in [9.17, 15) is 0 Å². The van der Waals surface area contributed by atoms with E-state index in [4.69, 9.17) is 0 Å². The van der Waals surface area contributed by atoms with Crippen molar-refractivity contribution in [2.24, 2.45) is 0 Å². The second-order valence-corrected chi connectivity index (χ2v) is 3.75. The zero-order valence-electron chi connectivity index (χ0n) is 12.0. The molecule has 0 heterocycles. The summed E-state index contributed by atoms with van der Waals surface area (Å²) in [5.74, 6) is 0. The Morgan fingerprint density at radius 3 is 1.53 bits per heavy atom. The molecule has 0 saturated carbocycles. The minimum absolute atomic E-state index is 0.681. The fraction of sp³-hybridized carbons (Fsp3) is 1.00. The molecule has 0 N–H and O–H groups in total. The predicted octanol–water partition coefficient (Wildman–Crippen LogP) is 3.08. The van der Waals surface area contributed by atoms with Crippen LogP contribution in [-0.2, 0) is 0 Å². The number of nitrogens with zero attached hydrogens (tertiary/aromatic N) is 2. The van der Waals surface area contributed by atoms with Gasteiger partial charge in [-0.15, -0.1) is 0 Å². The van der Waals surface area contributed by atoms with Gasteiger partial charge >= 0.3 is 0 Å². The van der Waals surface area contributed by atoms with E-state index in [1.807, 2.05) is 13.8 Å². The van der Waals surface area contributed by atoms with Gasteiger partial charge in [0, 0.05) is 19.1 Å². The normalized spacial score (nSPS) is 10.8. The van der Waals surface area contributed by atoms with Crippen molar-refractivity contribution in [3.63, 3.8) is 0 Å². The second-order valence-electron chi connectivity index (χ2n) is 3.75. The van der Waals surface area contributed by atoms with E-state index in [2.05, 4.69) is 44.4 Å². The van der Waals surface area contributed by atoms with Crippen molar-refractivity contribution in [3.05, 3.63) is 0 Å². The van der Waals surface area contributed by atoms with Gasteiger partial charge in [-0.05, 0) is 33.5 Å². The molecule has 0 fully saturated rings. The van der Waals surface area contributed by atoms with Crippen LogP contribution in [0.1, 0.15) is 48.5 Å². The Morgan fingerprint density at radius 2 is 1.27 bits per heavy atom. The van der Waals surface area contributed by atoms with Crippen molar-refractivity contribution in [1.29, 1.82) is 0 Å². The first-order valence-corrected chi connectivity index (χ1v) is 6.62. The maximum atomic E-state index is 2.51. The highest BCUT2D eigenvalue weighted by molar-refractivity contribution is 4.63. The predicted molar refractivity (Wildman–Crippen MR) is 71.5 cm³/mol. The maximum absolute atomic E-state index is 2.51. The number of likely N-dealkylation sites (N-methyl/N-ethyl adjacent to an activating group) is 2. The van der Waals surface area contributed by atoms with Crippen molar-refractivity contribution in [2.45, 2.75) is 54.5 Å². The standard InChI is InChI=1S/C11H26N2.C2H6/c1-6-12(7-2)9-10-13(8-3)11(4)5;1-2/h11H,6-10H2,1-5H3;1-2H3. The summed E-state index contributed by atoms with van der Waals surface area (Å²) >= 11 is 0. The van der Waals surface area contributed by atoms with Crippen LogP contribution in [0, 0.1) is 0 Å². The fourth-order valence-corrected chi connectivity index (χ4v) is 1.59. The first-order chi connectivity index (χ1) is 7.15. The topological polar surface area (TPSA) is 6.48 Å². The summed E-state index contributed by atoms with van der Waals surface area (Å²) in [4.78, 5) is 4.99. The molecule has 0 aromatic heterocycles. The molecule has 0 unspecified atom stereocenters. The molecular formula is C13H32N2. The lowest BCUT2D eigenvalue weighted by molar-refractivity contribution is 0.189. The van der Waals surface area contributed by atoms with E-state index >= 15 is 0 Å². The summed E-state index contributed by atoms with van der Waals surface area (Å²) in [6.07, 6.45) is 0. The molecule has 0 aliphatic heterocycles. The van der Waals surface area contributed by atoms with Crippen LogP contribution in [0.2, 0.25) is 0 Å². The quantitative estimate of drug-likeness (QED) is 0.645. The Hall–Kier alpha value is -0.0800. The molecule has 2 heteroatoms. The van der Waals surface area contributed by atoms with Crippen LogP contribution in [0.4, 0.5) is 0 Å². The van der Waals surface area contributed by atoms with Crippen molar-refractivity contribution < 1.29 is 0 Å². The Labute approximate surface area is 97.6 Å². The van der Waals surface area contributed by atoms with Gasteiger partial charge < -0.3 is 4.90 Å². The summed E-state index contributed by atoms with van der Waals surface area (Å²) in [5.41, 5.74) is 0. The molecule has 0 saturated heterocycles. The van der Waals surface area contributed by atoms with E-state index in [1.165, 1.54) is 32.7 Å². The van der Waals surface area contributed by atoms with Gasteiger partial charge in [0.1, 0.15) is 0 Å². The fourth-order valence-electron chi connectivity index (χ4n) is 1.59. The lowest BCUT2D eigenvalue weighted by atomic mass is 10.3. The number of hydrogen-bond acceptors (Lipinski definition) is 2. The lowest BCUT2D eigenvalue weighted by Crippen LogP contribution is -2.38. The highest BCUT2D eigenvalue weighted by atomic mass is 15.2. The van der Waals surface area contributed by atoms with E-state index in [0.29, 0.717) is 6.04 Å². The van der Waals surface area contributed by atoms with Crippen molar-refractivity contribution in [1.82, 2.24) is 9.80 Å². The molecule has 0 aliphatic carbocycles. The van der Waals surface area contributed by atoms with Crippen molar-refractivity contribution in [2.75, 3.05) is 32.7 Å². The summed E-state index contributed by atoms with van der Waals surface area (Å²) in [5, 5.41) is 0. The van der Waals surface area contributed by atoms with Gasteiger partial charge in [-0.3, -0.25) is 4.90 Å². The Balaban J connectivity index is 0. The zero-order chi connectivity index (χ0) is 12.3. The van der Waals surface area contributed by atoms with Crippen LogP contribution >= 0.6 is 0 Å². The van der Waals surface area contributed by atoms with Crippen LogP contribution in [0.25, 0.3) is 0 Å². The lowest BCUT2D eigenvalue weighted by Gasteiger charge is -2.28. The largest absolute Gasteiger partial charge is 0.303 e. The molecule has 15 heavy (non-hydrogen) atoms. The molecule has 0 radical (unpaired) electrons. The van der Waals surface area contributed by atoms with Crippen molar-refractivity contribution >= 4 is 0 Å². The molecule has 0 spiro atoms. The highest BCUT2D eigenvalue weighted by Gasteiger charge is 2.07. The molecule has 0 aliphatic rings. The molecule has 94 valence electrons. The molecule has 0 aromatic carbocycles. The minimum atomic E-state index is 0.681. The summed E-state index contributed by atoms with van der Waals surface area (Å²) < 4.78 is 0. The zero-order valence-corrected chi connectivity index (χ0v) is 12.0. The third-order valence-electron chi connectivity index (χ3n) is 2.73. The van der Waals surface area contributed by atoms with Gasteiger partial charge in [-0.2, -0.15) is 0 Å². The van der Waals surface area contributed by atoms with Gasteiger partial charge in [0.05, 0.1) is 0 Å². The van der Waals surface area contributed by atoms with Crippen LogP contribution in [0.15, 0.2) is 0 Å². The molecule has 2 nitrogen and oxygen atoms in total. The van der Waals surface area contributed by atoms with E-state index < -0.39 is 0 Å². The van der Waals surface area contributed by atoms with E-state index in [-0.39, 0.29) is 0 Å². The van der Waals surface area contributed by atoms with Gasteiger partial charge in [-0.1, -0.05) is 34.6 Å². The van der Waals surface area contributed by atoms with Gasteiger partial charge in [0.25, 0.3) is 0 Å². The number of rotatable bonds is 7. The summed E-state index contributed by atoms with van der Waals surface area (Å²) in [7, 11) is 0. The van der Waals surface area contributed by atoms with Gasteiger partial charge in [-0.25, -0.2) is 0 Å². The van der Waals surface area contributed by atoms with E-state index in [0.717, 1.165) is 0 Å².